The van der Waals surface area contributed by atoms with Crippen LogP contribution in [0, 0.1) is 5.92 Å². The van der Waals surface area contributed by atoms with E-state index in [9.17, 15) is 9.90 Å². The molecule has 0 aliphatic carbocycles. The Labute approximate surface area is 137 Å². The van der Waals surface area contributed by atoms with E-state index in [1.807, 2.05) is 67.6 Å². The molecule has 4 atom stereocenters. The van der Waals surface area contributed by atoms with Gasteiger partial charge in [0.1, 0.15) is 0 Å². The van der Waals surface area contributed by atoms with Crippen LogP contribution in [0.15, 0.2) is 60.7 Å². The van der Waals surface area contributed by atoms with Gasteiger partial charge in [0.2, 0.25) is 5.91 Å². The fourth-order valence-corrected chi connectivity index (χ4v) is 2.70. The van der Waals surface area contributed by atoms with Gasteiger partial charge in [0.05, 0.1) is 18.1 Å². The van der Waals surface area contributed by atoms with Crippen molar-refractivity contribution in [3.8, 4) is 0 Å². The second kappa shape index (κ2) is 7.90. The zero-order valence-electron chi connectivity index (χ0n) is 13.5. The molecule has 1 amide bonds. The minimum Gasteiger partial charge on any atom is -0.393 e. The molecule has 2 rings (SSSR count). The minimum atomic E-state index is -0.840. The van der Waals surface area contributed by atoms with E-state index in [4.69, 9.17) is 5.73 Å². The third kappa shape index (κ3) is 4.41. The van der Waals surface area contributed by atoms with E-state index in [2.05, 4.69) is 5.32 Å². The molecule has 0 fully saturated rings. The van der Waals surface area contributed by atoms with Crippen LogP contribution in [0.5, 0.6) is 0 Å². The van der Waals surface area contributed by atoms with Crippen molar-refractivity contribution < 1.29 is 9.90 Å². The number of benzene rings is 2. The molecular weight excluding hydrogens is 288 g/mol. The monoisotopic (exact) mass is 312 g/mol. The first-order valence-corrected chi connectivity index (χ1v) is 7.84. The molecule has 2 aromatic carbocycles. The summed E-state index contributed by atoms with van der Waals surface area (Å²) < 4.78 is 0. The molecule has 0 radical (unpaired) electrons. The molecule has 0 saturated heterocycles. The van der Waals surface area contributed by atoms with Crippen LogP contribution in [-0.2, 0) is 4.79 Å². The summed E-state index contributed by atoms with van der Waals surface area (Å²) in [5.41, 5.74) is 8.08. The number of hydrogen-bond donors (Lipinski definition) is 3. The summed E-state index contributed by atoms with van der Waals surface area (Å²) in [4.78, 5) is 12.6. The Morgan fingerprint density at radius 2 is 1.43 bits per heavy atom. The normalized spacial score (nSPS) is 16.2. The van der Waals surface area contributed by atoms with Gasteiger partial charge in [-0.05, 0) is 25.0 Å². The van der Waals surface area contributed by atoms with Crippen molar-refractivity contribution in [1.82, 2.24) is 5.32 Å². The summed E-state index contributed by atoms with van der Waals surface area (Å²) >= 11 is 0. The second-order valence-corrected chi connectivity index (χ2v) is 5.84. The smallest absolute Gasteiger partial charge is 0.228 e. The molecule has 4 heteroatoms. The average molecular weight is 312 g/mol. The Balaban J connectivity index is 2.13. The molecule has 0 spiro atoms. The van der Waals surface area contributed by atoms with Crippen LogP contribution in [0.2, 0.25) is 0 Å². The van der Waals surface area contributed by atoms with E-state index in [1.54, 1.807) is 6.92 Å². The Morgan fingerprint density at radius 1 is 0.957 bits per heavy atom. The topological polar surface area (TPSA) is 75.4 Å². The Morgan fingerprint density at radius 3 is 1.91 bits per heavy atom. The van der Waals surface area contributed by atoms with E-state index in [-0.39, 0.29) is 11.9 Å². The number of nitrogens with one attached hydrogen (secondary N) is 1. The van der Waals surface area contributed by atoms with Crippen LogP contribution in [0.1, 0.15) is 37.1 Å². The quantitative estimate of drug-likeness (QED) is 0.767. The van der Waals surface area contributed by atoms with Crippen molar-refractivity contribution in [2.75, 3.05) is 0 Å². The third-order valence-electron chi connectivity index (χ3n) is 4.05. The van der Waals surface area contributed by atoms with Gasteiger partial charge >= 0.3 is 0 Å². The highest BCUT2D eigenvalue weighted by Crippen LogP contribution is 2.24. The number of rotatable bonds is 6. The average Bonchev–Trinajstić information content (AvgIpc) is 2.56. The van der Waals surface area contributed by atoms with E-state index < -0.39 is 18.1 Å². The van der Waals surface area contributed by atoms with Gasteiger partial charge in [-0.15, -0.1) is 0 Å². The van der Waals surface area contributed by atoms with Crippen LogP contribution in [-0.4, -0.2) is 17.1 Å². The number of hydrogen-bond acceptors (Lipinski definition) is 3. The first kappa shape index (κ1) is 17.2. The molecule has 0 aliphatic rings. The van der Waals surface area contributed by atoms with E-state index in [0.29, 0.717) is 0 Å². The number of aliphatic hydroxyl groups excluding tert-OH is 1. The van der Waals surface area contributed by atoms with Crippen molar-refractivity contribution >= 4 is 5.91 Å². The predicted octanol–water partition coefficient (Wildman–Crippen LogP) is 2.56. The molecule has 2 aromatic rings. The molecule has 23 heavy (non-hydrogen) atoms. The molecule has 4 nitrogen and oxygen atoms in total. The second-order valence-electron chi connectivity index (χ2n) is 5.84. The number of nitrogens with two attached hydrogens (primary N) is 1. The lowest BCUT2D eigenvalue weighted by molar-refractivity contribution is -0.129. The Hall–Kier alpha value is -2.17. The lowest BCUT2D eigenvalue weighted by Gasteiger charge is -2.27. The summed E-state index contributed by atoms with van der Waals surface area (Å²) in [6, 6.07) is 18.4. The molecule has 0 aromatic heterocycles. The van der Waals surface area contributed by atoms with Crippen LogP contribution in [0.4, 0.5) is 0 Å². The van der Waals surface area contributed by atoms with Gasteiger partial charge in [-0.3, -0.25) is 4.79 Å². The summed E-state index contributed by atoms with van der Waals surface area (Å²) in [5.74, 6) is -0.948. The van der Waals surface area contributed by atoms with Gasteiger partial charge in [-0.2, -0.15) is 0 Å². The van der Waals surface area contributed by atoms with Crippen LogP contribution < -0.4 is 11.1 Å². The van der Waals surface area contributed by atoms with Gasteiger partial charge in [0.15, 0.2) is 0 Å². The largest absolute Gasteiger partial charge is 0.393 e. The summed E-state index contributed by atoms with van der Waals surface area (Å²) in [6.07, 6.45) is -0.840. The zero-order chi connectivity index (χ0) is 16.8. The van der Waals surface area contributed by atoms with Crippen LogP contribution >= 0.6 is 0 Å². The zero-order valence-corrected chi connectivity index (χ0v) is 13.5. The van der Waals surface area contributed by atoms with Crippen molar-refractivity contribution in [3.63, 3.8) is 0 Å². The highest BCUT2D eigenvalue weighted by atomic mass is 16.3. The molecule has 0 aliphatic heterocycles. The standard InChI is InChI=1S/C19H24N2O2/c1-13(15-9-5-3-6-10-15)21-19(23)17(14(2)22)18(20)16-11-7-4-8-12-16/h3-14,17-18,22H,20H2,1-2H3,(H,21,23)/t13-,14+,17+,18+/m0/s1. The number of carbonyl (C=O) groups is 1. The van der Waals surface area contributed by atoms with E-state index >= 15 is 0 Å². The van der Waals surface area contributed by atoms with Gasteiger partial charge in [0.25, 0.3) is 0 Å². The maximum absolute atomic E-state index is 12.6. The summed E-state index contributed by atoms with van der Waals surface area (Å²) in [6.45, 7) is 3.51. The van der Waals surface area contributed by atoms with Gasteiger partial charge in [-0.25, -0.2) is 0 Å². The number of carbonyl (C=O) groups excluding carboxylic acids is 1. The third-order valence-corrected chi connectivity index (χ3v) is 4.05. The summed E-state index contributed by atoms with van der Waals surface area (Å²) in [5, 5.41) is 13.0. The van der Waals surface area contributed by atoms with Gasteiger partial charge in [0, 0.05) is 6.04 Å². The Kier molecular flexibility index (Phi) is 5.90. The van der Waals surface area contributed by atoms with Crippen molar-refractivity contribution in [2.24, 2.45) is 11.7 Å². The predicted molar refractivity (Wildman–Crippen MR) is 91.5 cm³/mol. The van der Waals surface area contributed by atoms with Gasteiger partial charge in [-0.1, -0.05) is 60.7 Å². The Bertz CT molecular complexity index is 614. The highest BCUT2D eigenvalue weighted by Gasteiger charge is 2.31. The van der Waals surface area contributed by atoms with Crippen molar-refractivity contribution in [2.45, 2.75) is 32.0 Å². The van der Waals surface area contributed by atoms with E-state index in [1.165, 1.54) is 0 Å². The lowest BCUT2D eigenvalue weighted by Crippen LogP contribution is -2.43. The van der Waals surface area contributed by atoms with Crippen molar-refractivity contribution in [1.29, 1.82) is 0 Å². The molecule has 0 bridgehead atoms. The SMILES string of the molecule is C[C@H](NC(=O)[C@@H]([C@H](N)c1ccccc1)[C@@H](C)O)c1ccccc1. The highest BCUT2D eigenvalue weighted by molar-refractivity contribution is 5.80. The molecule has 4 N–H and O–H groups in total. The van der Waals surface area contributed by atoms with Gasteiger partial charge < -0.3 is 16.2 Å². The maximum atomic E-state index is 12.6. The molecule has 0 saturated carbocycles. The maximum Gasteiger partial charge on any atom is 0.228 e. The first-order valence-electron chi connectivity index (χ1n) is 7.84. The minimum absolute atomic E-state index is 0.145. The first-order chi connectivity index (χ1) is 11.0. The molecule has 122 valence electrons. The summed E-state index contributed by atoms with van der Waals surface area (Å²) in [7, 11) is 0. The van der Waals surface area contributed by atoms with E-state index in [0.717, 1.165) is 11.1 Å². The fourth-order valence-electron chi connectivity index (χ4n) is 2.70. The van der Waals surface area contributed by atoms with Crippen molar-refractivity contribution in [3.05, 3.63) is 71.8 Å². The van der Waals surface area contributed by atoms with Crippen LogP contribution in [0.3, 0.4) is 0 Å². The number of aliphatic hydroxyl groups is 1. The molecule has 0 heterocycles. The van der Waals surface area contributed by atoms with Crippen LogP contribution in [0.25, 0.3) is 0 Å². The molecular formula is C19H24N2O2. The number of amides is 1. The lowest BCUT2D eigenvalue weighted by atomic mass is 9.88. The fraction of sp³-hybridized carbons (Fsp3) is 0.316. The molecule has 0 unspecified atom stereocenters.